The van der Waals surface area contributed by atoms with Crippen LogP contribution in [-0.4, -0.2) is 72.0 Å². The summed E-state index contributed by atoms with van der Waals surface area (Å²) in [7, 11) is -0.414. The first-order valence-electron chi connectivity index (χ1n) is 13.7. The van der Waals surface area contributed by atoms with Gasteiger partial charge >= 0.3 is 0 Å². The molecule has 1 aliphatic heterocycles. The van der Waals surface area contributed by atoms with Gasteiger partial charge in [-0.05, 0) is 78.6 Å². The van der Waals surface area contributed by atoms with Crippen molar-refractivity contribution in [2.45, 2.75) is 37.8 Å². The van der Waals surface area contributed by atoms with E-state index in [-0.39, 0.29) is 5.82 Å². The highest BCUT2D eigenvalue weighted by molar-refractivity contribution is 14.1. The molecule has 4 N–H and O–H groups in total. The summed E-state index contributed by atoms with van der Waals surface area (Å²) in [5.41, 5.74) is 10.4. The molecule has 218 valence electrons. The number of rotatable bonds is 4. The molecule has 2 aromatic heterocycles. The second-order valence-corrected chi connectivity index (χ2v) is 12.4. The topological polar surface area (TPSA) is 123 Å². The summed E-state index contributed by atoms with van der Waals surface area (Å²) >= 11 is 2.25. The first-order chi connectivity index (χ1) is 19.7. The van der Waals surface area contributed by atoms with Gasteiger partial charge in [-0.2, -0.15) is 0 Å². The normalized spacial score (nSPS) is 20.2. The molecule has 0 bridgehead atoms. The summed E-state index contributed by atoms with van der Waals surface area (Å²) in [4.78, 5) is 14.0. The highest BCUT2D eigenvalue weighted by Gasteiger charge is 2.30. The molecule has 9 nitrogen and oxygen atoms in total. The van der Waals surface area contributed by atoms with Crippen molar-refractivity contribution in [3.05, 3.63) is 64.4 Å². The van der Waals surface area contributed by atoms with Crippen LogP contribution in [0.2, 0.25) is 0 Å². The van der Waals surface area contributed by atoms with Crippen LogP contribution in [0, 0.1) is 9.39 Å². The zero-order valence-electron chi connectivity index (χ0n) is 22.9. The van der Waals surface area contributed by atoms with Crippen molar-refractivity contribution in [1.82, 2.24) is 24.3 Å². The minimum Gasteiger partial charge on any atom is -0.383 e. The molecule has 2 aliphatic rings. The van der Waals surface area contributed by atoms with Gasteiger partial charge in [-0.15, -0.1) is 0 Å². The molecule has 0 radical (unpaired) electrons. The smallest absolute Gasteiger partial charge is 0.198 e. The SMILES string of the molecule is CN1CCN(C2CCC(n3cc(-c4ccc(-c5ccccc5I)c(F)c4)c4c(N)ncnc43)CC2)CC1.N[SH](=O)=O. The predicted molar refractivity (Wildman–Crippen MR) is 170 cm³/mol. The molecular formula is C29H35FIN7O2S. The van der Waals surface area contributed by atoms with Gasteiger partial charge in [0.1, 0.15) is 23.6 Å². The van der Waals surface area contributed by atoms with Crippen LogP contribution in [0.4, 0.5) is 10.2 Å². The Bertz CT molecular complexity index is 1590. The summed E-state index contributed by atoms with van der Waals surface area (Å²) in [6, 6.07) is 14.3. The van der Waals surface area contributed by atoms with Crippen LogP contribution in [0.5, 0.6) is 0 Å². The number of nitrogen functional groups attached to an aromatic ring is 1. The van der Waals surface area contributed by atoms with Crippen molar-refractivity contribution in [2.75, 3.05) is 39.0 Å². The van der Waals surface area contributed by atoms with E-state index in [1.165, 1.54) is 19.2 Å². The van der Waals surface area contributed by atoms with E-state index in [2.05, 4.69) is 65.3 Å². The summed E-state index contributed by atoms with van der Waals surface area (Å²) in [6.07, 6.45) is 8.23. The maximum atomic E-state index is 15.4. The van der Waals surface area contributed by atoms with Crippen LogP contribution in [0.25, 0.3) is 33.3 Å². The van der Waals surface area contributed by atoms with Crippen LogP contribution in [0.1, 0.15) is 31.7 Å². The van der Waals surface area contributed by atoms with Crippen LogP contribution < -0.4 is 10.9 Å². The summed E-state index contributed by atoms with van der Waals surface area (Å²) < 4.78 is 36.4. The van der Waals surface area contributed by atoms with Crippen molar-refractivity contribution in [2.24, 2.45) is 5.14 Å². The maximum Gasteiger partial charge on any atom is 0.198 e. The van der Waals surface area contributed by atoms with Gasteiger partial charge in [-0.25, -0.2) is 27.9 Å². The van der Waals surface area contributed by atoms with Crippen molar-refractivity contribution in [3.63, 3.8) is 0 Å². The number of hydrogen-bond acceptors (Lipinski definition) is 7. The van der Waals surface area contributed by atoms with Crippen LogP contribution in [0.3, 0.4) is 0 Å². The second kappa shape index (κ2) is 13.1. The molecule has 1 saturated heterocycles. The van der Waals surface area contributed by atoms with Gasteiger partial charge in [-0.1, -0.05) is 30.3 Å². The number of benzene rings is 2. The van der Waals surface area contributed by atoms with Crippen LogP contribution in [-0.2, 0) is 10.9 Å². The molecule has 2 aromatic carbocycles. The first kappa shape index (κ1) is 29.8. The number of hydrogen-bond donors (Lipinski definition) is 3. The van der Waals surface area contributed by atoms with Gasteiger partial charge in [0.15, 0.2) is 10.9 Å². The van der Waals surface area contributed by atoms with E-state index >= 15 is 4.39 Å². The molecule has 1 aliphatic carbocycles. The first-order valence-corrected chi connectivity index (χ1v) is 16.0. The molecule has 6 rings (SSSR count). The number of piperazine rings is 1. The molecule has 0 unspecified atom stereocenters. The molecule has 0 amide bonds. The van der Waals surface area contributed by atoms with E-state index < -0.39 is 10.9 Å². The lowest BCUT2D eigenvalue weighted by Gasteiger charge is -2.41. The second-order valence-electron chi connectivity index (χ2n) is 10.7. The molecule has 1 saturated carbocycles. The lowest BCUT2D eigenvalue weighted by atomic mass is 9.89. The number of halogens is 2. The van der Waals surface area contributed by atoms with Crippen LogP contribution >= 0.6 is 22.6 Å². The molecular weight excluding hydrogens is 656 g/mol. The van der Waals surface area contributed by atoms with Gasteiger partial charge in [0.25, 0.3) is 0 Å². The van der Waals surface area contributed by atoms with E-state index in [0.29, 0.717) is 23.5 Å². The Hall–Kier alpha value is -2.65. The van der Waals surface area contributed by atoms with Gasteiger partial charge in [0, 0.05) is 59.2 Å². The number of fused-ring (bicyclic) bond motifs is 1. The third-order valence-electron chi connectivity index (χ3n) is 8.20. The Labute approximate surface area is 255 Å². The maximum absolute atomic E-state index is 15.4. The van der Waals surface area contributed by atoms with Gasteiger partial charge in [-0.3, -0.25) is 4.90 Å². The largest absolute Gasteiger partial charge is 0.383 e. The number of nitrogens with two attached hydrogens (primary N) is 2. The Morgan fingerprint density at radius 2 is 1.59 bits per heavy atom. The Morgan fingerprint density at radius 1 is 0.927 bits per heavy atom. The Kier molecular flexibility index (Phi) is 9.54. The van der Waals surface area contributed by atoms with Crippen molar-refractivity contribution >= 4 is 50.3 Å². The molecule has 0 spiro atoms. The Balaban J connectivity index is 0.000000794. The fraction of sp³-hybridized carbons (Fsp3) is 0.379. The zero-order chi connectivity index (χ0) is 29.1. The highest BCUT2D eigenvalue weighted by Crippen LogP contribution is 2.40. The summed E-state index contributed by atoms with van der Waals surface area (Å²) in [5, 5.41) is 4.88. The average molecular weight is 692 g/mol. The van der Waals surface area contributed by atoms with E-state index in [4.69, 9.17) is 14.2 Å². The summed E-state index contributed by atoms with van der Waals surface area (Å²) in [5.74, 6) is 0.192. The quantitative estimate of drug-likeness (QED) is 0.216. The summed E-state index contributed by atoms with van der Waals surface area (Å²) in [6.45, 7) is 4.63. The minimum atomic E-state index is -2.62. The van der Waals surface area contributed by atoms with E-state index in [1.54, 1.807) is 6.07 Å². The van der Waals surface area contributed by atoms with Gasteiger partial charge in [0.05, 0.1) is 5.39 Å². The van der Waals surface area contributed by atoms with Crippen molar-refractivity contribution in [3.8, 4) is 22.3 Å². The molecule has 4 aromatic rings. The molecule has 2 fully saturated rings. The van der Waals surface area contributed by atoms with E-state index in [9.17, 15) is 0 Å². The number of nitrogens with zero attached hydrogens (tertiary/aromatic N) is 5. The number of aromatic nitrogens is 3. The van der Waals surface area contributed by atoms with Crippen molar-refractivity contribution in [1.29, 1.82) is 0 Å². The molecule has 3 heterocycles. The number of likely N-dealkylation sites (N-methyl/N-ethyl adjacent to an activating group) is 1. The highest BCUT2D eigenvalue weighted by atomic mass is 127. The lowest BCUT2D eigenvalue weighted by molar-refractivity contribution is 0.0828. The zero-order valence-corrected chi connectivity index (χ0v) is 26.0. The van der Waals surface area contributed by atoms with Crippen LogP contribution in [0.15, 0.2) is 55.0 Å². The lowest BCUT2D eigenvalue weighted by Crippen LogP contribution is -2.49. The van der Waals surface area contributed by atoms with Crippen molar-refractivity contribution < 1.29 is 12.8 Å². The standard InChI is InChI=1S/C29H32FIN6.H3NO2S/c1-35-12-14-36(15-13-35)20-7-9-21(10-8-20)37-17-24(27-28(32)33-18-34-29(27)37)19-6-11-22(25(30)16-19)23-4-2-3-5-26(23)31;1-4(2)3/h2-6,11,16-18,20-21H,7-10,12-15H2,1H3,(H2,32,33,34);4H,(H2,1,2,3). The fourth-order valence-corrected chi connectivity index (χ4v) is 6.75. The van der Waals surface area contributed by atoms with E-state index in [0.717, 1.165) is 70.3 Å². The predicted octanol–water partition coefficient (Wildman–Crippen LogP) is 4.29. The molecule has 0 atom stereocenters. The number of thiol groups is 1. The van der Waals surface area contributed by atoms with Gasteiger partial charge in [0.2, 0.25) is 0 Å². The van der Waals surface area contributed by atoms with Gasteiger partial charge < -0.3 is 15.2 Å². The monoisotopic (exact) mass is 691 g/mol. The minimum absolute atomic E-state index is 0.245. The third-order valence-corrected chi connectivity index (χ3v) is 9.14. The molecule has 12 heteroatoms. The number of anilines is 1. The van der Waals surface area contributed by atoms with E-state index in [1.807, 2.05) is 36.4 Å². The fourth-order valence-electron chi connectivity index (χ4n) is 6.07. The Morgan fingerprint density at radius 3 is 2.24 bits per heavy atom. The average Bonchev–Trinajstić information content (AvgIpc) is 3.35. The third kappa shape index (κ3) is 6.72. The molecule has 41 heavy (non-hydrogen) atoms.